The fourth-order valence-electron chi connectivity index (χ4n) is 2.59. The van der Waals surface area contributed by atoms with Crippen LogP contribution in [0.25, 0.3) is 10.9 Å². The van der Waals surface area contributed by atoms with E-state index in [-0.39, 0.29) is 11.5 Å². The first-order valence-corrected chi connectivity index (χ1v) is 8.92. The topological polar surface area (TPSA) is 61.2 Å². The summed E-state index contributed by atoms with van der Waals surface area (Å²) in [6.45, 7) is 2.49. The number of hydrogen-bond donors (Lipinski definition) is 0. The Kier molecular flexibility index (Phi) is 5.19. The number of rotatable bonds is 5. The Balaban J connectivity index is 1.91. The summed E-state index contributed by atoms with van der Waals surface area (Å²) in [4.78, 5) is 28.9. The molecule has 0 bridgehead atoms. The number of ether oxygens (including phenoxy) is 1. The second-order valence-electron chi connectivity index (χ2n) is 5.44. The number of esters is 1. The summed E-state index contributed by atoms with van der Waals surface area (Å²) in [5.74, 6) is 0.247. The van der Waals surface area contributed by atoms with Gasteiger partial charge in [0.05, 0.1) is 23.6 Å². The molecule has 0 spiro atoms. The number of hydrogen-bond acceptors (Lipinski definition) is 5. The van der Waals surface area contributed by atoms with E-state index in [2.05, 4.69) is 4.98 Å². The first-order valence-electron chi connectivity index (χ1n) is 7.93. The zero-order valence-electron chi connectivity index (χ0n) is 14.1. The lowest BCUT2D eigenvalue weighted by Gasteiger charge is -2.11. The summed E-state index contributed by atoms with van der Waals surface area (Å²) < 4.78 is 6.43. The van der Waals surface area contributed by atoms with Gasteiger partial charge < -0.3 is 4.74 Å². The van der Waals surface area contributed by atoms with Crippen LogP contribution in [0.4, 0.5) is 0 Å². The summed E-state index contributed by atoms with van der Waals surface area (Å²) in [5, 5.41) is 1.30. The van der Waals surface area contributed by atoms with Crippen molar-refractivity contribution in [3.8, 4) is 0 Å². The summed E-state index contributed by atoms with van der Waals surface area (Å²) >= 11 is 1.48. The van der Waals surface area contributed by atoms with Gasteiger partial charge in [0.25, 0.3) is 5.56 Å². The van der Waals surface area contributed by atoms with Crippen molar-refractivity contribution in [1.82, 2.24) is 9.55 Å². The van der Waals surface area contributed by atoms with Gasteiger partial charge in [0.2, 0.25) is 0 Å². The minimum Gasteiger partial charge on any atom is -0.465 e. The van der Waals surface area contributed by atoms with Crippen LogP contribution in [-0.2, 0) is 17.0 Å². The largest absolute Gasteiger partial charge is 0.465 e. The number of benzene rings is 2. The highest BCUT2D eigenvalue weighted by Gasteiger charge is 2.11. The average Bonchev–Trinajstić information content (AvgIpc) is 2.66. The van der Waals surface area contributed by atoms with Gasteiger partial charge in [0.1, 0.15) is 0 Å². The summed E-state index contributed by atoms with van der Waals surface area (Å²) in [6, 6.07) is 14.6. The van der Waals surface area contributed by atoms with Crippen molar-refractivity contribution >= 4 is 28.6 Å². The van der Waals surface area contributed by atoms with E-state index >= 15 is 0 Å². The Labute approximate surface area is 149 Å². The van der Waals surface area contributed by atoms with Crippen LogP contribution >= 0.6 is 11.8 Å². The molecule has 128 valence electrons. The van der Waals surface area contributed by atoms with Gasteiger partial charge in [-0.25, -0.2) is 9.78 Å². The van der Waals surface area contributed by atoms with E-state index in [9.17, 15) is 9.59 Å². The molecule has 0 aliphatic carbocycles. The van der Waals surface area contributed by atoms with Gasteiger partial charge in [-0.15, -0.1) is 0 Å². The minimum atomic E-state index is -0.360. The van der Waals surface area contributed by atoms with E-state index in [4.69, 9.17) is 4.74 Å². The van der Waals surface area contributed by atoms with Gasteiger partial charge in [-0.3, -0.25) is 9.36 Å². The Morgan fingerprint density at radius 3 is 2.76 bits per heavy atom. The van der Waals surface area contributed by atoms with Gasteiger partial charge >= 0.3 is 5.97 Å². The molecule has 5 nitrogen and oxygen atoms in total. The van der Waals surface area contributed by atoms with Gasteiger partial charge in [-0.05, 0) is 36.8 Å². The first kappa shape index (κ1) is 17.2. The standard InChI is InChI=1S/C19H18N2O3S/c1-3-21-17(22)15-9-4-5-10-16(15)20-19(21)25-12-13-7-6-8-14(11-13)18(23)24-2/h4-11H,3,12H2,1-2H3. The van der Waals surface area contributed by atoms with Crippen LogP contribution in [0.15, 0.2) is 58.5 Å². The van der Waals surface area contributed by atoms with Crippen molar-refractivity contribution in [2.45, 2.75) is 24.4 Å². The van der Waals surface area contributed by atoms with Crippen molar-refractivity contribution in [3.05, 3.63) is 70.0 Å². The molecule has 0 radical (unpaired) electrons. The van der Waals surface area contributed by atoms with Crippen LogP contribution in [-0.4, -0.2) is 22.6 Å². The highest BCUT2D eigenvalue weighted by Crippen LogP contribution is 2.22. The normalized spacial score (nSPS) is 10.8. The number of carbonyl (C=O) groups is 1. The fraction of sp³-hybridized carbons (Fsp3) is 0.211. The highest BCUT2D eigenvalue weighted by atomic mass is 32.2. The second-order valence-corrected chi connectivity index (χ2v) is 6.38. The van der Waals surface area contributed by atoms with E-state index in [1.165, 1.54) is 18.9 Å². The summed E-state index contributed by atoms with van der Waals surface area (Å²) in [7, 11) is 1.36. The lowest BCUT2D eigenvalue weighted by molar-refractivity contribution is 0.0600. The Bertz CT molecular complexity index is 982. The fourth-order valence-corrected chi connectivity index (χ4v) is 3.60. The highest BCUT2D eigenvalue weighted by molar-refractivity contribution is 7.98. The predicted molar refractivity (Wildman–Crippen MR) is 99.0 cm³/mol. The molecule has 0 saturated carbocycles. The van der Waals surface area contributed by atoms with Gasteiger partial charge in [0, 0.05) is 12.3 Å². The molecule has 0 aliphatic rings. The van der Waals surface area contributed by atoms with Crippen LogP contribution in [0, 0.1) is 0 Å². The van der Waals surface area contributed by atoms with Crippen molar-refractivity contribution < 1.29 is 9.53 Å². The van der Waals surface area contributed by atoms with E-state index in [0.29, 0.717) is 33.9 Å². The quantitative estimate of drug-likeness (QED) is 0.399. The number of thioether (sulfide) groups is 1. The van der Waals surface area contributed by atoms with E-state index < -0.39 is 0 Å². The van der Waals surface area contributed by atoms with Crippen molar-refractivity contribution in [3.63, 3.8) is 0 Å². The Hall–Kier alpha value is -2.60. The van der Waals surface area contributed by atoms with E-state index in [1.54, 1.807) is 22.8 Å². The van der Waals surface area contributed by atoms with Crippen molar-refractivity contribution in [1.29, 1.82) is 0 Å². The Morgan fingerprint density at radius 2 is 2.00 bits per heavy atom. The molecular weight excluding hydrogens is 336 g/mol. The van der Waals surface area contributed by atoms with Gasteiger partial charge in [-0.2, -0.15) is 0 Å². The maximum atomic E-state index is 12.6. The second kappa shape index (κ2) is 7.53. The van der Waals surface area contributed by atoms with E-state index in [0.717, 1.165) is 5.56 Å². The van der Waals surface area contributed by atoms with Crippen LogP contribution in [0.3, 0.4) is 0 Å². The number of aromatic nitrogens is 2. The van der Waals surface area contributed by atoms with Crippen molar-refractivity contribution in [2.24, 2.45) is 0 Å². The summed E-state index contributed by atoms with van der Waals surface area (Å²) in [6.07, 6.45) is 0. The molecule has 25 heavy (non-hydrogen) atoms. The van der Waals surface area contributed by atoms with Crippen LogP contribution < -0.4 is 5.56 Å². The van der Waals surface area contributed by atoms with Gasteiger partial charge in [0.15, 0.2) is 5.16 Å². The van der Waals surface area contributed by atoms with Crippen LogP contribution in [0.2, 0.25) is 0 Å². The number of methoxy groups -OCH3 is 1. The number of fused-ring (bicyclic) bond motifs is 1. The number of carbonyl (C=O) groups excluding carboxylic acids is 1. The zero-order valence-corrected chi connectivity index (χ0v) is 14.9. The molecule has 0 fully saturated rings. The predicted octanol–water partition coefficient (Wildman–Crippen LogP) is 3.50. The third-order valence-corrected chi connectivity index (χ3v) is 4.91. The monoisotopic (exact) mass is 354 g/mol. The molecule has 0 N–H and O–H groups in total. The van der Waals surface area contributed by atoms with E-state index in [1.807, 2.05) is 37.3 Å². The molecular formula is C19H18N2O3S. The molecule has 1 heterocycles. The lowest BCUT2D eigenvalue weighted by Crippen LogP contribution is -2.22. The number of para-hydroxylation sites is 1. The molecule has 6 heteroatoms. The molecule has 0 aliphatic heterocycles. The molecule has 0 atom stereocenters. The molecule has 2 aromatic carbocycles. The molecule has 0 unspecified atom stereocenters. The molecule has 3 aromatic rings. The summed E-state index contributed by atoms with van der Waals surface area (Å²) in [5.41, 5.74) is 2.15. The molecule has 0 saturated heterocycles. The Morgan fingerprint density at radius 1 is 1.20 bits per heavy atom. The third-order valence-electron chi connectivity index (χ3n) is 3.86. The smallest absolute Gasteiger partial charge is 0.337 e. The molecule has 3 rings (SSSR count). The average molecular weight is 354 g/mol. The lowest BCUT2D eigenvalue weighted by atomic mass is 10.1. The third kappa shape index (κ3) is 3.58. The minimum absolute atomic E-state index is 0.0288. The van der Waals surface area contributed by atoms with Crippen LogP contribution in [0.1, 0.15) is 22.8 Å². The maximum Gasteiger partial charge on any atom is 0.337 e. The SMILES string of the molecule is CCn1c(SCc2cccc(C(=O)OC)c2)nc2ccccc2c1=O. The van der Waals surface area contributed by atoms with Crippen LogP contribution in [0.5, 0.6) is 0 Å². The first-order chi connectivity index (χ1) is 12.1. The zero-order chi connectivity index (χ0) is 17.8. The molecule has 1 aromatic heterocycles. The van der Waals surface area contributed by atoms with Gasteiger partial charge in [-0.1, -0.05) is 36.0 Å². The molecule has 0 amide bonds. The maximum absolute atomic E-state index is 12.6. The number of nitrogens with zero attached hydrogens (tertiary/aromatic N) is 2. The van der Waals surface area contributed by atoms with Crippen molar-refractivity contribution in [2.75, 3.05) is 7.11 Å².